The maximum absolute atomic E-state index is 12.2. The number of nitro benzene ring substituents is 1. The Labute approximate surface area is 130 Å². The van der Waals surface area contributed by atoms with E-state index in [-0.39, 0.29) is 17.1 Å². The summed E-state index contributed by atoms with van der Waals surface area (Å²) in [6.45, 7) is 0. The molecule has 2 aromatic rings. The average molecular weight is 322 g/mol. The molecule has 3 N–H and O–H groups in total. The van der Waals surface area contributed by atoms with Crippen molar-refractivity contribution in [3.05, 3.63) is 57.1 Å². The number of amides is 1. The summed E-state index contributed by atoms with van der Waals surface area (Å²) in [5.74, 6) is -0.250. The Bertz CT molecular complexity index is 749. The van der Waals surface area contributed by atoms with Crippen molar-refractivity contribution in [1.29, 1.82) is 0 Å². The van der Waals surface area contributed by atoms with Gasteiger partial charge in [0.2, 0.25) is 0 Å². The number of nitrogens with two attached hydrogens (primary N) is 1. The molecule has 114 valence electrons. The van der Waals surface area contributed by atoms with Gasteiger partial charge in [0.1, 0.15) is 5.75 Å². The lowest BCUT2D eigenvalue weighted by atomic mass is 10.1. The van der Waals surface area contributed by atoms with Crippen LogP contribution < -0.4 is 15.8 Å². The molecule has 22 heavy (non-hydrogen) atoms. The summed E-state index contributed by atoms with van der Waals surface area (Å²) in [5.41, 5.74) is 6.42. The predicted molar refractivity (Wildman–Crippen MR) is 83.5 cm³/mol. The number of nitrogens with zero attached hydrogens (tertiary/aromatic N) is 1. The van der Waals surface area contributed by atoms with Gasteiger partial charge < -0.3 is 15.8 Å². The Morgan fingerprint density at radius 2 is 2.05 bits per heavy atom. The van der Waals surface area contributed by atoms with Gasteiger partial charge in [-0.1, -0.05) is 11.6 Å². The topological polar surface area (TPSA) is 107 Å². The van der Waals surface area contributed by atoms with Crippen LogP contribution in [0.25, 0.3) is 0 Å². The van der Waals surface area contributed by atoms with Gasteiger partial charge in [0.25, 0.3) is 11.6 Å². The van der Waals surface area contributed by atoms with E-state index in [2.05, 4.69) is 5.32 Å². The Kier molecular flexibility index (Phi) is 4.47. The number of anilines is 2. The minimum atomic E-state index is -0.548. The van der Waals surface area contributed by atoms with Gasteiger partial charge in [-0.3, -0.25) is 14.9 Å². The lowest BCUT2D eigenvalue weighted by Gasteiger charge is -2.10. The van der Waals surface area contributed by atoms with Crippen LogP contribution in [0.1, 0.15) is 10.4 Å². The van der Waals surface area contributed by atoms with E-state index in [0.717, 1.165) is 0 Å². The van der Waals surface area contributed by atoms with Gasteiger partial charge in [-0.25, -0.2) is 0 Å². The molecule has 2 aromatic carbocycles. The van der Waals surface area contributed by atoms with Gasteiger partial charge in [0.15, 0.2) is 0 Å². The molecule has 0 atom stereocenters. The predicted octanol–water partition coefficient (Wildman–Crippen LogP) is 3.09. The zero-order valence-electron chi connectivity index (χ0n) is 11.5. The van der Waals surface area contributed by atoms with Gasteiger partial charge in [0, 0.05) is 11.6 Å². The number of nitro groups is 1. The highest BCUT2D eigenvalue weighted by atomic mass is 35.5. The molecule has 0 heterocycles. The summed E-state index contributed by atoms with van der Waals surface area (Å²) in [7, 11) is 1.36. The van der Waals surface area contributed by atoms with Gasteiger partial charge in [-0.15, -0.1) is 0 Å². The Morgan fingerprint density at radius 1 is 1.32 bits per heavy atom. The number of nitrogen functional groups attached to an aromatic ring is 1. The van der Waals surface area contributed by atoms with E-state index in [1.54, 1.807) is 0 Å². The second kappa shape index (κ2) is 6.31. The van der Waals surface area contributed by atoms with Gasteiger partial charge in [0.05, 0.1) is 34.5 Å². The number of ether oxygens (including phenoxy) is 1. The number of methoxy groups -OCH3 is 1. The van der Waals surface area contributed by atoms with Crippen LogP contribution in [0.15, 0.2) is 36.4 Å². The number of hydrogen-bond acceptors (Lipinski definition) is 5. The van der Waals surface area contributed by atoms with Crippen LogP contribution in [-0.4, -0.2) is 17.9 Å². The van der Waals surface area contributed by atoms with Crippen LogP contribution in [0.2, 0.25) is 5.02 Å². The summed E-state index contributed by atoms with van der Waals surface area (Å²) >= 11 is 5.80. The van der Waals surface area contributed by atoms with E-state index in [0.29, 0.717) is 16.3 Å². The van der Waals surface area contributed by atoms with Crippen molar-refractivity contribution in [3.63, 3.8) is 0 Å². The SMILES string of the molecule is COc1cc([N+](=O)[O-])ccc1NC(=O)c1ccc(Cl)c(N)c1. The molecule has 8 heteroatoms. The lowest BCUT2D eigenvalue weighted by molar-refractivity contribution is -0.384. The highest BCUT2D eigenvalue weighted by Gasteiger charge is 2.14. The van der Waals surface area contributed by atoms with Crippen molar-refractivity contribution < 1.29 is 14.5 Å². The van der Waals surface area contributed by atoms with Crippen molar-refractivity contribution in [2.24, 2.45) is 0 Å². The molecule has 0 aliphatic rings. The minimum absolute atomic E-state index is 0.134. The fraction of sp³-hybridized carbons (Fsp3) is 0.0714. The summed E-state index contributed by atoms with van der Waals surface area (Å²) in [4.78, 5) is 22.3. The van der Waals surface area contributed by atoms with E-state index in [1.807, 2.05) is 0 Å². The second-order valence-electron chi connectivity index (χ2n) is 4.33. The smallest absolute Gasteiger partial charge is 0.273 e. The number of non-ortho nitro benzene ring substituents is 1. The first-order chi connectivity index (χ1) is 10.4. The summed E-state index contributed by atoms with van der Waals surface area (Å²) < 4.78 is 5.05. The largest absolute Gasteiger partial charge is 0.494 e. The fourth-order valence-corrected chi connectivity index (χ4v) is 1.89. The third-order valence-corrected chi connectivity index (χ3v) is 3.25. The van der Waals surface area contributed by atoms with Crippen LogP contribution in [-0.2, 0) is 0 Å². The zero-order valence-corrected chi connectivity index (χ0v) is 12.3. The fourth-order valence-electron chi connectivity index (χ4n) is 1.78. The summed E-state index contributed by atoms with van der Waals surface area (Å²) in [6.07, 6.45) is 0. The van der Waals surface area contributed by atoms with Crippen molar-refractivity contribution in [3.8, 4) is 5.75 Å². The van der Waals surface area contributed by atoms with Crippen LogP contribution in [0.5, 0.6) is 5.75 Å². The molecule has 0 bridgehead atoms. The number of rotatable bonds is 4. The first kappa shape index (κ1) is 15.6. The first-order valence-corrected chi connectivity index (χ1v) is 6.49. The van der Waals surface area contributed by atoms with E-state index in [1.165, 1.54) is 43.5 Å². The molecule has 0 spiro atoms. The van der Waals surface area contributed by atoms with E-state index in [9.17, 15) is 14.9 Å². The molecular formula is C14H12ClN3O4. The summed E-state index contributed by atoms with van der Waals surface area (Å²) in [5, 5.41) is 13.7. The standard InChI is InChI=1S/C14H12ClN3O4/c1-22-13-7-9(18(20)21)3-5-12(13)17-14(19)8-2-4-10(15)11(16)6-8/h2-7H,16H2,1H3,(H,17,19). The molecule has 0 aliphatic carbocycles. The number of carbonyl (C=O) groups is 1. The Hall–Kier alpha value is -2.80. The molecule has 1 amide bonds. The minimum Gasteiger partial charge on any atom is -0.494 e. The first-order valence-electron chi connectivity index (χ1n) is 6.11. The maximum atomic E-state index is 12.2. The normalized spacial score (nSPS) is 10.1. The number of halogens is 1. The molecule has 2 rings (SSSR count). The third kappa shape index (κ3) is 3.26. The van der Waals surface area contributed by atoms with Crippen LogP contribution in [0.4, 0.5) is 17.1 Å². The van der Waals surface area contributed by atoms with Crippen LogP contribution in [0.3, 0.4) is 0 Å². The average Bonchev–Trinajstić information content (AvgIpc) is 2.50. The van der Waals surface area contributed by atoms with Crippen molar-refractivity contribution in [2.75, 3.05) is 18.2 Å². The molecule has 0 fully saturated rings. The highest BCUT2D eigenvalue weighted by molar-refractivity contribution is 6.33. The quantitative estimate of drug-likeness (QED) is 0.511. The third-order valence-electron chi connectivity index (χ3n) is 2.90. The maximum Gasteiger partial charge on any atom is 0.273 e. The molecule has 0 aromatic heterocycles. The molecular weight excluding hydrogens is 310 g/mol. The van der Waals surface area contributed by atoms with Crippen LogP contribution in [0, 0.1) is 10.1 Å². The number of hydrogen-bond donors (Lipinski definition) is 2. The van der Waals surface area contributed by atoms with Crippen molar-refractivity contribution in [2.45, 2.75) is 0 Å². The van der Waals surface area contributed by atoms with E-state index in [4.69, 9.17) is 22.1 Å². The second-order valence-corrected chi connectivity index (χ2v) is 4.74. The zero-order chi connectivity index (χ0) is 16.3. The molecule has 0 saturated carbocycles. The molecule has 0 unspecified atom stereocenters. The van der Waals surface area contributed by atoms with Gasteiger partial charge in [-0.2, -0.15) is 0 Å². The number of nitrogens with one attached hydrogen (secondary N) is 1. The van der Waals surface area contributed by atoms with E-state index < -0.39 is 10.8 Å². The van der Waals surface area contributed by atoms with Gasteiger partial charge in [-0.05, 0) is 24.3 Å². The molecule has 7 nitrogen and oxygen atoms in total. The lowest BCUT2D eigenvalue weighted by Crippen LogP contribution is -2.13. The van der Waals surface area contributed by atoms with Crippen molar-refractivity contribution in [1.82, 2.24) is 0 Å². The van der Waals surface area contributed by atoms with E-state index >= 15 is 0 Å². The van der Waals surface area contributed by atoms with Crippen molar-refractivity contribution >= 4 is 34.6 Å². The monoisotopic (exact) mass is 321 g/mol. The number of carbonyl (C=O) groups excluding carboxylic acids is 1. The highest BCUT2D eigenvalue weighted by Crippen LogP contribution is 2.29. The molecule has 0 saturated heterocycles. The Balaban J connectivity index is 2.27. The van der Waals surface area contributed by atoms with Crippen LogP contribution >= 0.6 is 11.6 Å². The molecule has 0 radical (unpaired) electrons. The molecule has 0 aliphatic heterocycles. The summed E-state index contributed by atoms with van der Waals surface area (Å²) in [6, 6.07) is 8.37. The number of benzene rings is 2. The Morgan fingerprint density at radius 3 is 2.64 bits per heavy atom. The van der Waals surface area contributed by atoms with Gasteiger partial charge >= 0.3 is 0 Å².